The van der Waals surface area contributed by atoms with E-state index in [0.29, 0.717) is 12.6 Å². The van der Waals surface area contributed by atoms with Gasteiger partial charge in [0.05, 0.1) is 7.11 Å². The van der Waals surface area contributed by atoms with Gasteiger partial charge in [-0.15, -0.1) is 0 Å². The summed E-state index contributed by atoms with van der Waals surface area (Å²) >= 11 is 0. The van der Waals surface area contributed by atoms with Gasteiger partial charge in [0.15, 0.2) is 0 Å². The molecule has 2 heterocycles. The number of aromatic nitrogens is 2. The molecular formula is C18H23N3O3. The third-order valence-corrected chi connectivity index (χ3v) is 4.85. The first kappa shape index (κ1) is 16.5. The van der Waals surface area contributed by atoms with Gasteiger partial charge in [-0.05, 0) is 37.1 Å². The van der Waals surface area contributed by atoms with Crippen LogP contribution in [0.1, 0.15) is 30.1 Å². The van der Waals surface area contributed by atoms with Crippen molar-refractivity contribution in [2.75, 3.05) is 13.7 Å². The zero-order valence-corrected chi connectivity index (χ0v) is 14.4. The zero-order valence-electron chi connectivity index (χ0n) is 14.4. The van der Waals surface area contributed by atoms with Crippen LogP contribution in [0.4, 0.5) is 0 Å². The summed E-state index contributed by atoms with van der Waals surface area (Å²) in [4.78, 5) is 26.4. The summed E-state index contributed by atoms with van der Waals surface area (Å²) in [7, 11) is 4.88. The summed E-state index contributed by atoms with van der Waals surface area (Å²) in [6.07, 6.45) is 2.18. The maximum atomic E-state index is 12.1. The summed E-state index contributed by atoms with van der Waals surface area (Å²) < 4.78 is 7.91. The van der Waals surface area contributed by atoms with Crippen LogP contribution < -0.4 is 16.0 Å². The number of benzene rings is 1. The molecule has 1 aliphatic rings. The summed E-state index contributed by atoms with van der Waals surface area (Å²) in [6.45, 7) is 1.55. The van der Waals surface area contributed by atoms with Gasteiger partial charge in [-0.1, -0.05) is 12.1 Å². The van der Waals surface area contributed by atoms with E-state index in [0.717, 1.165) is 35.4 Å². The quantitative estimate of drug-likeness (QED) is 0.851. The lowest BCUT2D eigenvalue weighted by Gasteiger charge is -2.25. The van der Waals surface area contributed by atoms with E-state index in [2.05, 4.69) is 17.0 Å². The third-order valence-electron chi connectivity index (χ3n) is 4.85. The predicted molar refractivity (Wildman–Crippen MR) is 92.3 cm³/mol. The highest BCUT2D eigenvalue weighted by atomic mass is 16.5. The van der Waals surface area contributed by atoms with Gasteiger partial charge in [-0.2, -0.15) is 0 Å². The average molecular weight is 329 g/mol. The minimum absolute atomic E-state index is 0.256. The van der Waals surface area contributed by atoms with Crippen LogP contribution in [-0.2, 0) is 20.6 Å². The molecule has 128 valence electrons. The van der Waals surface area contributed by atoms with E-state index >= 15 is 0 Å². The molecule has 1 unspecified atom stereocenters. The molecule has 1 atom stereocenters. The molecule has 0 N–H and O–H groups in total. The Morgan fingerprint density at radius 2 is 1.83 bits per heavy atom. The normalized spacial score (nSPS) is 18.0. The van der Waals surface area contributed by atoms with Gasteiger partial charge in [0.25, 0.3) is 5.56 Å². The molecule has 0 radical (unpaired) electrons. The van der Waals surface area contributed by atoms with Crippen molar-refractivity contribution < 1.29 is 4.74 Å². The summed E-state index contributed by atoms with van der Waals surface area (Å²) in [5.74, 6) is 0.845. The minimum Gasteiger partial charge on any atom is -0.497 e. The molecule has 1 aliphatic heterocycles. The maximum Gasteiger partial charge on any atom is 0.330 e. The molecule has 0 aliphatic carbocycles. The first-order valence-corrected chi connectivity index (χ1v) is 8.15. The SMILES string of the molecule is COc1ccc(C2CCCN2Cc2cc(=O)n(C)c(=O)n2C)cc1. The Kier molecular flexibility index (Phi) is 4.57. The summed E-state index contributed by atoms with van der Waals surface area (Å²) in [5.41, 5.74) is 1.46. The molecule has 3 rings (SSSR count). The first-order valence-electron chi connectivity index (χ1n) is 8.15. The Balaban J connectivity index is 1.86. The molecule has 1 aromatic carbocycles. The van der Waals surface area contributed by atoms with Crippen LogP contribution in [0.15, 0.2) is 39.9 Å². The lowest BCUT2D eigenvalue weighted by molar-refractivity contribution is 0.241. The van der Waals surface area contributed by atoms with E-state index in [1.54, 1.807) is 24.8 Å². The van der Waals surface area contributed by atoms with Gasteiger partial charge >= 0.3 is 5.69 Å². The second-order valence-corrected chi connectivity index (χ2v) is 6.28. The molecule has 0 spiro atoms. The predicted octanol–water partition coefficient (Wildman–Crippen LogP) is 1.43. The number of hydrogen-bond donors (Lipinski definition) is 0. The van der Waals surface area contributed by atoms with Crippen molar-refractivity contribution >= 4 is 0 Å². The topological polar surface area (TPSA) is 56.5 Å². The third kappa shape index (κ3) is 3.01. The molecule has 1 fully saturated rings. The van der Waals surface area contributed by atoms with E-state index in [9.17, 15) is 9.59 Å². The van der Waals surface area contributed by atoms with Gasteiger partial charge in [0.1, 0.15) is 5.75 Å². The van der Waals surface area contributed by atoms with Crippen LogP contribution in [0, 0.1) is 0 Å². The highest BCUT2D eigenvalue weighted by Crippen LogP contribution is 2.33. The minimum atomic E-state index is -0.280. The number of likely N-dealkylation sites (tertiary alicyclic amines) is 1. The van der Waals surface area contributed by atoms with E-state index < -0.39 is 0 Å². The van der Waals surface area contributed by atoms with Gasteiger partial charge in [0.2, 0.25) is 0 Å². The lowest BCUT2D eigenvalue weighted by Crippen LogP contribution is -2.39. The maximum absolute atomic E-state index is 12.1. The van der Waals surface area contributed by atoms with Crippen LogP contribution in [0.2, 0.25) is 0 Å². The molecule has 2 aromatic rings. The average Bonchev–Trinajstić information content (AvgIpc) is 3.06. The van der Waals surface area contributed by atoms with Crippen molar-refractivity contribution in [3.05, 3.63) is 62.4 Å². The monoisotopic (exact) mass is 329 g/mol. The standard InChI is InChI=1S/C18H23N3O3/c1-19-14(11-17(22)20(2)18(19)23)12-21-10-4-5-16(21)13-6-8-15(24-3)9-7-13/h6-9,11,16H,4-5,10,12H2,1-3H3. The molecule has 0 saturated carbocycles. The van der Waals surface area contributed by atoms with E-state index in [1.165, 1.54) is 12.6 Å². The van der Waals surface area contributed by atoms with Crippen LogP contribution in [0.5, 0.6) is 5.75 Å². The molecule has 0 bridgehead atoms. The van der Waals surface area contributed by atoms with Gasteiger partial charge in [-0.25, -0.2) is 4.79 Å². The Morgan fingerprint density at radius 1 is 1.12 bits per heavy atom. The molecular weight excluding hydrogens is 306 g/mol. The fourth-order valence-electron chi connectivity index (χ4n) is 3.36. The van der Waals surface area contributed by atoms with E-state index in [4.69, 9.17) is 4.74 Å². The van der Waals surface area contributed by atoms with Crippen molar-refractivity contribution in [1.29, 1.82) is 0 Å². The van der Waals surface area contributed by atoms with Crippen molar-refractivity contribution in [3.63, 3.8) is 0 Å². The second-order valence-electron chi connectivity index (χ2n) is 6.28. The Morgan fingerprint density at radius 3 is 2.50 bits per heavy atom. The van der Waals surface area contributed by atoms with Crippen LogP contribution in [-0.4, -0.2) is 27.7 Å². The van der Waals surface area contributed by atoms with Crippen molar-refractivity contribution in [3.8, 4) is 5.75 Å². The Labute approximate surface area is 140 Å². The summed E-state index contributed by atoms with van der Waals surface area (Å²) in [6, 6.07) is 9.98. The molecule has 24 heavy (non-hydrogen) atoms. The van der Waals surface area contributed by atoms with Crippen molar-refractivity contribution in [2.45, 2.75) is 25.4 Å². The molecule has 1 saturated heterocycles. The second kappa shape index (κ2) is 6.65. The summed E-state index contributed by atoms with van der Waals surface area (Å²) in [5, 5.41) is 0. The largest absolute Gasteiger partial charge is 0.497 e. The van der Waals surface area contributed by atoms with Gasteiger partial charge in [-0.3, -0.25) is 18.8 Å². The van der Waals surface area contributed by atoms with E-state index in [1.807, 2.05) is 12.1 Å². The Hall–Kier alpha value is -2.34. The molecule has 0 amide bonds. The highest BCUT2D eigenvalue weighted by molar-refractivity contribution is 5.29. The lowest BCUT2D eigenvalue weighted by atomic mass is 10.0. The van der Waals surface area contributed by atoms with Crippen molar-refractivity contribution in [1.82, 2.24) is 14.0 Å². The fourth-order valence-corrected chi connectivity index (χ4v) is 3.36. The number of hydrogen-bond acceptors (Lipinski definition) is 4. The highest BCUT2D eigenvalue weighted by Gasteiger charge is 2.26. The number of ether oxygens (including phenoxy) is 1. The first-order chi connectivity index (χ1) is 11.5. The van der Waals surface area contributed by atoms with E-state index in [-0.39, 0.29) is 11.2 Å². The number of nitrogens with zero attached hydrogens (tertiary/aromatic N) is 3. The molecule has 6 nitrogen and oxygen atoms in total. The Bertz CT molecular complexity index is 836. The number of methoxy groups -OCH3 is 1. The van der Waals surface area contributed by atoms with Crippen LogP contribution in [0.3, 0.4) is 0 Å². The van der Waals surface area contributed by atoms with Crippen molar-refractivity contribution in [2.24, 2.45) is 14.1 Å². The smallest absolute Gasteiger partial charge is 0.330 e. The van der Waals surface area contributed by atoms with Gasteiger partial charge < -0.3 is 4.74 Å². The fraction of sp³-hybridized carbons (Fsp3) is 0.444. The van der Waals surface area contributed by atoms with Gasteiger partial charge in [0, 0.05) is 38.4 Å². The van der Waals surface area contributed by atoms with Crippen LogP contribution in [0.25, 0.3) is 0 Å². The zero-order chi connectivity index (χ0) is 17.3. The number of rotatable bonds is 4. The molecule has 6 heteroatoms. The molecule has 1 aromatic heterocycles. The van der Waals surface area contributed by atoms with Crippen LogP contribution >= 0.6 is 0 Å².